The number of pyridine rings is 1. The predicted octanol–water partition coefficient (Wildman–Crippen LogP) is 5.90. The van der Waals surface area contributed by atoms with Crippen LogP contribution >= 0.6 is 0 Å². The molecular formula is C27H26F2N4O. The Labute approximate surface area is 197 Å². The van der Waals surface area contributed by atoms with Gasteiger partial charge in [0.05, 0.1) is 11.9 Å². The second-order valence-corrected chi connectivity index (χ2v) is 8.44. The molecule has 7 heteroatoms. The highest BCUT2D eigenvalue weighted by atomic mass is 19.3. The van der Waals surface area contributed by atoms with Crippen LogP contribution in [0.3, 0.4) is 0 Å². The van der Waals surface area contributed by atoms with Crippen molar-refractivity contribution in [1.29, 1.82) is 0 Å². The normalized spacial score (nSPS) is 14.6. The minimum absolute atomic E-state index is 0.0226. The molecule has 0 unspecified atom stereocenters. The summed E-state index contributed by atoms with van der Waals surface area (Å²) < 4.78 is 31.2. The van der Waals surface area contributed by atoms with E-state index in [1.807, 2.05) is 12.1 Å². The minimum atomic E-state index is -2.84. The maximum Gasteiger partial charge on any atom is 0.387 e. The lowest BCUT2D eigenvalue weighted by Crippen LogP contribution is -2.33. The number of halogens is 2. The average molecular weight is 461 g/mol. The van der Waals surface area contributed by atoms with Crippen molar-refractivity contribution in [1.82, 2.24) is 14.8 Å². The summed E-state index contributed by atoms with van der Waals surface area (Å²) in [6.45, 7) is -1.17. The van der Waals surface area contributed by atoms with Crippen molar-refractivity contribution in [2.45, 2.75) is 31.4 Å². The quantitative estimate of drug-likeness (QED) is 0.344. The van der Waals surface area contributed by atoms with Gasteiger partial charge in [0.2, 0.25) is 0 Å². The zero-order chi connectivity index (χ0) is 23.3. The number of hydrogen-bond acceptors (Lipinski definition) is 4. The third kappa shape index (κ3) is 4.93. The van der Waals surface area contributed by atoms with Crippen LogP contribution in [0.25, 0.3) is 0 Å². The molecule has 0 saturated carbocycles. The molecule has 1 aliphatic heterocycles. The van der Waals surface area contributed by atoms with Gasteiger partial charge in [-0.1, -0.05) is 60.7 Å². The number of alkyl halides is 2. The van der Waals surface area contributed by atoms with Crippen molar-refractivity contribution >= 4 is 5.82 Å². The number of rotatable bonds is 7. The van der Waals surface area contributed by atoms with Crippen molar-refractivity contribution < 1.29 is 13.5 Å². The van der Waals surface area contributed by atoms with Gasteiger partial charge in [0.1, 0.15) is 17.6 Å². The van der Waals surface area contributed by atoms with Crippen molar-refractivity contribution in [3.8, 4) is 5.75 Å². The standard InChI is InChI=1S/C27H26F2N4O/c28-27(29)34-23-11-12-25(30-19-23)32-16-13-20(14-17-32)24-15-18-33(31-24)26(21-7-3-1-4-8-21)22-9-5-2-6-10-22/h1-12,15,18-20,26-27H,13-14,16-17H2. The molecule has 34 heavy (non-hydrogen) atoms. The fraction of sp³-hybridized carbons (Fsp3) is 0.259. The second kappa shape index (κ2) is 10.0. The van der Waals surface area contributed by atoms with Crippen molar-refractivity contribution in [2.75, 3.05) is 18.0 Å². The number of aromatic nitrogens is 3. The van der Waals surface area contributed by atoms with Crippen LogP contribution in [0.4, 0.5) is 14.6 Å². The van der Waals surface area contributed by atoms with Crippen LogP contribution in [-0.4, -0.2) is 34.5 Å². The summed E-state index contributed by atoms with van der Waals surface area (Å²) in [5, 5.41) is 5.02. The zero-order valence-electron chi connectivity index (χ0n) is 18.7. The van der Waals surface area contributed by atoms with Gasteiger partial charge in [0.25, 0.3) is 0 Å². The molecule has 3 heterocycles. The number of hydrogen-bond donors (Lipinski definition) is 0. The lowest BCUT2D eigenvalue weighted by Gasteiger charge is -2.32. The Morgan fingerprint density at radius 3 is 2.03 bits per heavy atom. The number of benzene rings is 2. The van der Waals surface area contributed by atoms with E-state index in [9.17, 15) is 8.78 Å². The van der Waals surface area contributed by atoms with Crippen LogP contribution in [0.1, 0.15) is 41.6 Å². The van der Waals surface area contributed by atoms with E-state index in [1.54, 1.807) is 6.07 Å². The predicted molar refractivity (Wildman–Crippen MR) is 127 cm³/mol. The van der Waals surface area contributed by atoms with Crippen molar-refractivity contribution in [2.24, 2.45) is 0 Å². The summed E-state index contributed by atoms with van der Waals surface area (Å²) in [7, 11) is 0. The third-order valence-electron chi connectivity index (χ3n) is 6.31. The first-order valence-corrected chi connectivity index (χ1v) is 11.5. The Bertz CT molecular complexity index is 1130. The van der Waals surface area contributed by atoms with Crippen LogP contribution in [-0.2, 0) is 0 Å². The topological polar surface area (TPSA) is 43.2 Å². The Balaban J connectivity index is 1.29. The molecule has 2 aromatic carbocycles. The fourth-order valence-corrected chi connectivity index (χ4v) is 4.62. The molecular weight excluding hydrogens is 434 g/mol. The van der Waals surface area contributed by atoms with Crippen molar-refractivity contribution in [3.05, 3.63) is 108 Å². The van der Waals surface area contributed by atoms with Crippen LogP contribution < -0.4 is 9.64 Å². The van der Waals surface area contributed by atoms with Gasteiger partial charge in [-0.2, -0.15) is 13.9 Å². The molecule has 1 aliphatic rings. The maximum atomic E-state index is 12.4. The van der Waals surface area contributed by atoms with Gasteiger partial charge in [-0.15, -0.1) is 0 Å². The van der Waals surface area contributed by atoms with E-state index in [0.717, 1.165) is 37.4 Å². The lowest BCUT2D eigenvalue weighted by molar-refractivity contribution is -0.0500. The molecule has 4 aromatic rings. The van der Waals surface area contributed by atoms with Crippen molar-refractivity contribution in [3.63, 3.8) is 0 Å². The summed E-state index contributed by atoms with van der Waals surface area (Å²) in [5.41, 5.74) is 3.50. The number of anilines is 1. The van der Waals surface area contributed by atoms with Gasteiger partial charge in [0.15, 0.2) is 0 Å². The molecule has 174 valence electrons. The Morgan fingerprint density at radius 1 is 0.824 bits per heavy atom. The summed E-state index contributed by atoms with van der Waals surface area (Å²) in [6.07, 6.45) is 5.34. The molecule has 0 spiro atoms. The molecule has 0 bridgehead atoms. The molecule has 1 saturated heterocycles. The first-order valence-electron chi connectivity index (χ1n) is 11.5. The number of nitrogens with zero attached hydrogens (tertiary/aromatic N) is 4. The smallest absolute Gasteiger partial charge is 0.387 e. The van der Waals surface area contributed by atoms with Crippen LogP contribution in [0, 0.1) is 0 Å². The van der Waals surface area contributed by atoms with Gasteiger partial charge >= 0.3 is 6.61 Å². The summed E-state index contributed by atoms with van der Waals surface area (Å²) in [5.74, 6) is 1.22. The molecule has 0 amide bonds. The Hall–Kier alpha value is -3.74. The monoisotopic (exact) mass is 460 g/mol. The van der Waals surface area contributed by atoms with E-state index in [1.165, 1.54) is 23.4 Å². The highest BCUT2D eigenvalue weighted by Gasteiger charge is 2.25. The van der Waals surface area contributed by atoms with E-state index in [4.69, 9.17) is 5.10 Å². The van der Waals surface area contributed by atoms with E-state index >= 15 is 0 Å². The second-order valence-electron chi connectivity index (χ2n) is 8.44. The van der Waals surface area contributed by atoms with Gasteiger partial charge < -0.3 is 9.64 Å². The molecule has 0 atom stereocenters. The number of piperidine rings is 1. The Kier molecular flexibility index (Phi) is 6.51. The average Bonchev–Trinajstić information content (AvgIpc) is 3.35. The highest BCUT2D eigenvalue weighted by Crippen LogP contribution is 2.32. The van der Waals surface area contributed by atoms with Gasteiger partial charge in [-0.25, -0.2) is 4.98 Å². The molecule has 1 fully saturated rings. The largest absolute Gasteiger partial charge is 0.433 e. The van der Waals surface area contributed by atoms with Crippen LogP contribution in [0.5, 0.6) is 5.75 Å². The van der Waals surface area contributed by atoms with E-state index in [2.05, 4.69) is 80.1 Å². The number of ether oxygens (including phenoxy) is 1. The van der Waals surface area contributed by atoms with E-state index in [-0.39, 0.29) is 11.8 Å². The van der Waals surface area contributed by atoms with E-state index < -0.39 is 6.61 Å². The van der Waals surface area contributed by atoms with Gasteiger partial charge in [0, 0.05) is 25.2 Å². The third-order valence-corrected chi connectivity index (χ3v) is 6.31. The zero-order valence-corrected chi connectivity index (χ0v) is 18.7. The fourth-order valence-electron chi connectivity index (χ4n) is 4.62. The first kappa shape index (κ1) is 22.1. The first-order chi connectivity index (χ1) is 16.7. The summed E-state index contributed by atoms with van der Waals surface area (Å²) >= 11 is 0. The molecule has 5 rings (SSSR count). The van der Waals surface area contributed by atoms with Gasteiger partial charge in [-0.3, -0.25) is 4.68 Å². The van der Waals surface area contributed by atoms with E-state index in [0.29, 0.717) is 5.92 Å². The SMILES string of the molecule is FC(F)Oc1ccc(N2CCC(c3ccn(C(c4ccccc4)c4ccccc4)n3)CC2)nc1. The van der Waals surface area contributed by atoms with Gasteiger partial charge in [-0.05, 0) is 42.2 Å². The molecule has 0 aliphatic carbocycles. The molecule has 0 N–H and O–H groups in total. The highest BCUT2D eigenvalue weighted by molar-refractivity contribution is 5.41. The molecule has 5 nitrogen and oxygen atoms in total. The maximum absolute atomic E-state index is 12.4. The lowest BCUT2D eigenvalue weighted by atomic mass is 9.94. The Morgan fingerprint density at radius 2 is 1.47 bits per heavy atom. The van der Waals surface area contributed by atoms with Crippen LogP contribution in [0.2, 0.25) is 0 Å². The minimum Gasteiger partial charge on any atom is -0.433 e. The molecule has 2 aromatic heterocycles. The molecule has 0 radical (unpaired) electrons. The van der Waals surface area contributed by atoms with Crippen LogP contribution in [0.15, 0.2) is 91.3 Å². The summed E-state index contributed by atoms with van der Waals surface area (Å²) in [4.78, 5) is 6.47. The summed E-state index contributed by atoms with van der Waals surface area (Å²) in [6, 6.07) is 26.3.